The molecular formula is C61H37N5. The van der Waals surface area contributed by atoms with Crippen LogP contribution in [0.5, 0.6) is 0 Å². The van der Waals surface area contributed by atoms with E-state index >= 15 is 0 Å². The van der Waals surface area contributed by atoms with Crippen molar-refractivity contribution < 1.29 is 0 Å². The third-order valence-corrected chi connectivity index (χ3v) is 12.6. The molecule has 2 heterocycles. The van der Waals surface area contributed by atoms with Gasteiger partial charge in [0.05, 0.1) is 17.1 Å². The molecule has 0 aliphatic rings. The molecule has 306 valence electrons. The van der Waals surface area contributed by atoms with Gasteiger partial charge in [-0.05, 0) is 102 Å². The van der Waals surface area contributed by atoms with E-state index in [-0.39, 0.29) is 0 Å². The summed E-state index contributed by atoms with van der Waals surface area (Å²) < 4.78 is 0. The zero-order valence-electron chi connectivity index (χ0n) is 35.6. The highest BCUT2D eigenvalue weighted by molar-refractivity contribution is 6.23. The Labute approximate surface area is 381 Å². The number of pyridine rings is 1. The zero-order valence-corrected chi connectivity index (χ0v) is 35.6. The van der Waals surface area contributed by atoms with Gasteiger partial charge in [-0.15, -0.1) is 0 Å². The first kappa shape index (κ1) is 38.6. The molecule has 5 heteroatoms. The molecule has 12 aromatic rings. The number of nitrogens with zero attached hydrogens (tertiary/aromatic N) is 5. The van der Waals surface area contributed by atoms with Gasteiger partial charge >= 0.3 is 0 Å². The Morgan fingerprint density at radius 3 is 1.45 bits per heavy atom. The molecule has 0 aliphatic carbocycles. The van der Waals surface area contributed by atoms with Gasteiger partial charge in [0.2, 0.25) is 0 Å². The van der Waals surface area contributed by atoms with Crippen LogP contribution in [0, 0.1) is 11.3 Å². The van der Waals surface area contributed by atoms with E-state index in [2.05, 4.69) is 158 Å². The number of rotatable bonds is 7. The van der Waals surface area contributed by atoms with Gasteiger partial charge < -0.3 is 0 Å². The van der Waals surface area contributed by atoms with Crippen molar-refractivity contribution in [1.82, 2.24) is 19.9 Å². The Morgan fingerprint density at radius 2 is 0.773 bits per heavy atom. The van der Waals surface area contributed by atoms with Crippen molar-refractivity contribution in [3.05, 3.63) is 230 Å². The summed E-state index contributed by atoms with van der Waals surface area (Å²) in [7, 11) is 0. The summed E-state index contributed by atoms with van der Waals surface area (Å²) in [4.78, 5) is 20.3. The average Bonchev–Trinajstić information content (AvgIpc) is 3.40. The summed E-state index contributed by atoms with van der Waals surface area (Å²) in [5.74, 6) is 1.82. The summed E-state index contributed by atoms with van der Waals surface area (Å²) in [5, 5.41) is 17.5. The Morgan fingerprint density at radius 1 is 0.288 bits per heavy atom. The quantitative estimate of drug-likeness (QED) is 0.149. The van der Waals surface area contributed by atoms with E-state index in [9.17, 15) is 5.26 Å². The number of hydrogen-bond donors (Lipinski definition) is 0. The summed E-state index contributed by atoms with van der Waals surface area (Å²) in [6.45, 7) is 0. The lowest BCUT2D eigenvalue weighted by atomic mass is 9.88. The minimum absolute atomic E-state index is 0.595. The third-order valence-electron chi connectivity index (χ3n) is 12.6. The molecule has 0 aliphatic heterocycles. The number of benzene rings is 10. The lowest BCUT2D eigenvalue weighted by Gasteiger charge is -2.16. The second kappa shape index (κ2) is 16.2. The van der Waals surface area contributed by atoms with Crippen LogP contribution in [0.1, 0.15) is 5.56 Å². The molecular weight excluding hydrogens is 803 g/mol. The molecule has 0 spiro atoms. The van der Waals surface area contributed by atoms with Crippen molar-refractivity contribution in [1.29, 1.82) is 5.26 Å². The highest BCUT2D eigenvalue weighted by Gasteiger charge is 2.18. The fraction of sp³-hybridized carbons (Fsp3) is 0. The van der Waals surface area contributed by atoms with Crippen LogP contribution in [-0.2, 0) is 0 Å². The van der Waals surface area contributed by atoms with Crippen LogP contribution in [0.3, 0.4) is 0 Å². The lowest BCUT2D eigenvalue weighted by Crippen LogP contribution is -2.00. The molecule has 0 amide bonds. The molecule has 0 N–H and O–H groups in total. The molecule has 10 aromatic carbocycles. The molecule has 0 bridgehead atoms. The second-order valence-corrected chi connectivity index (χ2v) is 16.5. The maximum absolute atomic E-state index is 9.77. The van der Waals surface area contributed by atoms with Crippen LogP contribution < -0.4 is 0 Å². The average molecular weight is 840 g/mol. The standard InChI is InChI=1S/C61H37N5/c62-38-47-31-32-49(50-23-8-7-22-48(47)50)40-27-29-41(30-28-40)54-36-57-53-26-13-33-63-58(53)55(37-56(57)52-25-10-9-24-51(52)54)44-19-12-21-46(35-44)61-65-59(42-16-5-2-6-17-42)64-60(66-61)45-20-11-18-43(34-45)39-14-3-1-4-15-39/h1-37H. The first-order valence-corrected chi connectivity index (χ1v) is 22.0. The smallest absolute Gasteiger partial charge is 0.164 e. The van der Waals surface area contributed by atoms with E-state index in [4.69, 9.17) is 19.9 Å². The minimum atomic E-state index is 0.595. The minimum Gasteiger partial charge on any atom is -0.256 e. The monoisotopic (exact) mass is 839 g/mol. The SMILES string of the molecule is N#Cc1ccc(-c2ccc(-c3cc4c5cccnc5c(-c5cccc(-c6nc(-c7ccccc7)nc(-c7cccc(-c8ccccc8)c7)n6)c5)cc4c4ccccc34)cc2)c2ccccc12. The van der Waals surface area contributed by atoms with E-state index in [1.165, 1.54) is 10.8 Å². The van der Waals surface area contributed by atoms with Crippen LogP contribution in [-0.4, -0.2) is 19.9 Å². The molecule has 0 saturated carbocycles. The predicted molar refractivity (Wildman–Crippen MR) is 270 cm³/mol. The van der Waals surface area contributed by atoms with Gasteiger partial charge in [0.1, 0.15) is 0 Å². The van der Waals surface area contributed by atoms with E-state index in [1.54, 1.807) is 0 Å². The first-order chi connectivity index (χ1) is 32.7. The highest BCUT2D eigenvalue weighted by Crippen LogP contribution is 2.42. The normalized spacial score (nSPS) is 11.3. The van der Waals surface area contributed by atoms with Crippen LogP contribution in [0.25, 0.3) is 122 Å². The van der Waals surface area contributed by atoms with Crippen LogP contribution in [0.15, 0.2) is 225 Å². The topological polar surface area (TPSA) is 75.3 Å². The molecule has 2 aromatic heterocycles. The maximum atomic E-state index is 9.77. The lowest BCUT2D eigenvalue weighted by molar-refractivity contribution is 1.07. The van der Waals surface area contributed by atoms with Crippen molar-refractivity contribution in [2.24, 2.45) is 0 Å². The predicted octanol–water partition coefficient (Wildman–Crippen LogP) is 15.4. The number of aromatic nitrogens is 4. The van der Waals surface area contributed by atoms with Crippen molar-refractivity contribution >= 4 is 43.2 Å². The van der Waals surface area contributed by atoms with Crippen molar-refractivity contribution in [2.75, 3.05) is 0 Å². The summed E-state index contributed by atoms with van der Waals surface area (Å²) in [6.07, 6.45) is 1.88. The van der Waals surface area contributed by atoms with E-state index in [0.717, 1.165) is 93.6 Å². The summed E-state index contributed by atoms with van der Waals surface area (Å²) in [5.41, 5.74) is 13.1. The van der Waals surface area contributed by atoms with Gasteiger partial charge in [-0.3, -0.25) is 4.98 Å². The highest BCUT2D eigenvalue weighted by atomic mass is 15.0. The largest absolute Gasteiger partial charge is 0.256 e. The van der Waals surface area contributed by atoms with E-state index in [1.807, 2.05) is 72.9 Å². The third kappa shape index (κ3) is 6.82. The number of hydrogen-bond acceptors (Lipinski definition) is 5. The molecule has 0 fully saturated rings. The Kier molecular flexibility index (Phi) is 9.48. The Balaban J connectivity index is 0.983. The molecule has 0 unspecified atom stereocenters. The first-order valence-electron chi connectivity index (χ1n) is 22.0. The Hall–Kier alpha value is -9.11. The van der Waals surface area contributed by atoms with Gasteiger partial charge in [0.25, 0.3) is 0 Å². The van der Waals surface area contributed by atoms with Gasteiger partial charge in [0, 0.05) is 39.2 Å². The molecule has 0 radical (unpaired) electrons. The summed E-state index contributed by atoms with van der Waals surface area (Å²) in [6, 6.07) is 78.2. The fourth-order valence-electron chi connectivity index (χ4n) is 9.41. The zero-order chi connectivity index (χ0) is 44.0. The number of fused-ring (bicyclic) bond motifs is 6. The molecule has 0 atom stereocenters. The molecule has 12 rings (SSSR count). The van der Waals surface area contributed by atoms with Gasteiger partial charge in [0.15, 0.2) is 17.5 Å². The summed E-state index contributed by atoms with van der Waals surface area (Å²) >= 11 is 0. The maximum Gasteiger partial charge on any atom is 0.164 e. The molecule has 5 nitrogen and oxygen atoms in total. The second-order valence-electron chi connectivity index (χ2n) is 16.5. The van der Waals surface area contributed by atoms with Crippen molar-refractivity contribution in [3.63, 3.8) is 0 Å². The van der Waals surface area contributed by atoms with E-state index in [0.29, 0.717) is 23.0 Å². The van der Waals surface area contributed by atoms with Crippen LogP contribution >= 0.6 is 0 Å². The van der Waals surface area contributed by atoms with Crippen molar-refractivity contribution in [2.45, 2.75) is 0 Å². The Bertz CT molecular complexity index is 3870. The van der Waals surface area contributed by atoms with Crippen LogP contribution in [0.4, 0.5) is 0 Å². The molecule has 0 saturated heterocycles. The number of nitriles is 1. The van der Waals surface area contributed by atoms with Gasteiger partial charge in [-0.1, -0.05) is 182 Å². The fourth-order valence-corrected chi connectivity index (χ4v) is 9.41. The van der Waals surface area contributed by atoms with Gasteiger partial charge in [-0.2, -0.15) is 5.26 Å². The van der Waals surface area contributed by atoms with Crippen molar-refractivity contribution in [3.8, 4) is 84.7 Å². The van der Waals surface area contributed by atoms with Crippen LogP contribution in [0.2, 0.25) is 0 Å². The van der Waals surface area contributed by atoms with E-state index < -0.39 is 0 Å². The van der Waals surface area contributed by atoms with Gasteiger partial charge in [-0.25, -0.2) is 15.0 Å². The molecule has 66 heavy (non-hydrogen) atoms.